The van der Waals surface area contributed by atoms with Crippen molar-refractivity contribution in [1.29, 1.82) is 0 Å². The number of halogens is 3. The molecule has 0 atom stereocenters. The van der Waals surface area contributed by atoms with Gasteiger partial charge in [0.15, 0.2) is 5.13 Å². The molecule has 168 valence electrons. The Bertz CT molecular complexity index is 1450. The van der Waals surface area contributed by atoms with Gasteiger partial charge in [-0.15, -0.1) is 0 Å². The topological polar surface area (TPSA) is 105 Å². The molecule has 0 unspecified atom stereocenters. The van der Waals surface area contributed by atoms with Crippen molar-refractivity contribution >= 4 is 32.2 Å². The highest BCUT2D eigenvalue weighted by Gasteiger charge is 2.34. The average molecular weight is 473 g/mol. The number of nitro benzene ring substituents is 1. The van der Waals surface area contributed by atoms with E-state index in [0.717, 1.165) is 28.3 Å². The summed E-state index contributed by atoms with van der Waals surface area (Å²) in [7, 11) is 0. The van der Waals surface area contributed by atoms with Gasteiger partial charge in [0.2, 0.25) is 0 Å². The first-order valence-corrected chi connectivity index (χ1v) is 10.6. The minimum atomic E-state index is -4.82. The summed E-state index contributed by atoms with van der Waals surface area (Å²) in [6, 6.07) is 10.6. The number of hydrogen-bond acceptors (Lipinski definition) is 7. The zero-order chi connectivity index (χ0) is 23.3. The molecule has 4 aromatic rings. The molecule has 2 aromatic heterocycles. The van der Waals surface area contributed by atoms with Crippen LogP contribution in [0.15, 0.2) is 47.3 Å². The summed E-state index contributed by atoms with van der Waals surface area (Å²) in [5.74, 6) is 0.706. The number of nitrogens with one attached hydrogen (secondary N) is 1. The fourth-order valence-electron chi connectivity index (χ4n) is 3.77. The number of benzene rings is 2. The quantitative estimate of drug-likeness (QED) is 0.346. The fraction of sp³-hybridized carbons (Fsp3) is 0.190. The van der Waals surface area contributed by atoms with Crippen LogP contribution in [0.4, 0.5) is 24.0 Å². The molecule has 12 heteroatoms. The third kappa shape index (κ3) is 3.82. The number of alkyl halides is 3. The van der Waals surface area contributed by atoms with Crippen LogP contribution in [-0.2, 0) is 19.1 Å². The Kier molecular flexibility index (Phi) is 4.89. The van der Waals surface area contributed by atoms with Crippen molar-refractivity contribution in [2.45, 2.75) is 19.1 Å². The predicted molar refractivity (Wildman–Crippen MR) is 116 cm³/mol. The lowest BCUT2D eigenvalue weighted by Gasteiger charge is -2.26. The van der Waals surface area contributed by atoms with Crippen LogP contribution < -0.4 is 10.5 Å². The highest BCUT2D eigenvalue weighted by molar-refractivity contribution is 7.22. The summed E-state index contributed by atoms with van der Waals surface area (Å²) < 4.78 is 39.4. The van der Waals surface area contributed by atoms with Crippen molar-refractivity contribution in [1.82, 2.24) is 15.0 Å². The minimum Gasteiger partial charge on any atom is -0.342 e. The second kappa shape index (κ2) is 7.66. The number of H-pyrrole nitrogens is 1. The Morgan fingerprint density at radius 2 is 1.91 bits per heavy atom. The number of imidazole rings is 1. The number of rotatable bonds is 3. The van der Waals surface area contributed by atoms with Crippen LogP contribution >= 0.6 is 11.3 Å². The van der Waals surface area contributed by atoms with Crippen LogP contribution in [0.25, 0.3) is 21.5 Å². The first-order chi connectivity index (χ1) is 15.7. The molecular formula is C21H14F3N5O3S. The third-order valence-electron chi connectivity index (χ3n) is 5.36. The molecule has 0 saturated heterocycles. The van der Waals surface area contributed by atoms with Gasteiger partial charge in [0.25, 0.3) is 11.2 Å². The maximum atomic E-state index is 13.2. The van der Waals surface area contributed by atoms with Crippen LogP contribution in [0.1, 0.15) is 17.0 Å². The molecule has 0 spiro atoms. The van der Waals surface area contributed by atoms with E-state index >= 15 is 0 Å². The Labute approximate surface area is 187 Å². The lowest BCUT2D eigenvalue weighted by atomic mass is 10.1. The Morgan fingerprint density at radius 3 is 2.61 bits per heavy atom. The Hall–Kier alpha value is -3.80. The fourth-order valence-corrected chi connectivity index (χ4v) is 4.86. The van der Waals surface area contributed by atoms with Crippen molar-refractivity contribution in [3.05, 3.63) is 79.9 Å². The van der Waals surface area contributed by atoms with Crippen LogP contribution in [0, 0.1) is 10.1 Å². The molecule has 1 aliphatic rings. The molecule has 0 amide bonds. The standard InChI is InChI=1S/C21H14F3N5O3S/c22-21(23,24)12-8-13-17(16(9-12)29(31)32)33-20(27-19(13)30)28-7-6-14-15(10-28)26-18(25-14)11-4-2-1-3-5-11/h1-5,8-9H,6-7,10H2,(H,25,26). The molecule has 5 rings (SSSR count). The molecule has 3 heterocycles. The zero-order valence-corrected chi connectivity index (χ0v) is 17.5. The van der Waals surface area contributed by atoms with Gasteiger partial charge < -0.3 is 9.88 Å². The Balaban J connectivity index is 1.55. The monoisotopic (exact) mass is 473 g/mol. The van der Waals surface area contributed by atoms with Crippen molar-refractivity contribution < 1.29 is 18.1 Å². The van der Waals surface area contributed by atoms with Crippen molar-refractivity contribution in [2.75, 3.05) is 11.4 Å². The first kappa shape index (κ1) is 21.1. The first-order valence-electron chi connectivity index (χ1n) is 9.79. The summed E-state index contributed by atoms with van der Waals surface area (Å²) in [5.41, 5.74) is -0.343. The van der Waals surface area contributed by atoms with Gasteiger partial charge in [0, 0.05) is 24.6 Å². The number of hydrogen-bond donors (Lipinski definition) is 1. The molecule has 0 saturated carbocycles. The van der Waals surface area contributed by atoms with E-state index in [9.17, 15) is 28.1 Å². The van der Waals surface area contributed by atoms with E-state index < -0.39 is 33.3 Å². The van der Waals surface area contributed by atoms with E-state index in [-0.39, 0.29) is 9.83 Å². The van der Waals surface area contributed by atoms with E-state index in [0.29, 0.717) is 37.5 Å². The summed E-state index contributed by atoms with van der Waals surface area (Å²) in [4.78, 5) is 36.8. The van der Waals surface area contributed by atoms with Crippen molar-refractivity contribution in [2.24, 2.45) is 0 Å². The molecule has 0 bridgehead atoms. The van der Waals surface area contributed by atoms with Gasteiger partial charge in [-0.2, -0.15) is 18.2 Å². The van der Waals surface area contributed by atoms with Gasteiger partial charge in [-0.25, -0.2) is 4.98 Å². The summed E-state index contributed by atoms with van der Waals surface area (Å²) in [6.45, 7) is 0.785. The molecule has 0 aliphatic carbocycles. The minimum absolute atomic E-state index is 0.136. The van der Waals surface area contributed by atoms with Crippen LogP contribution in [0.5, 0.6) is 0 Å². The molecule has 2 aromatic carbocycles. The van der Waals surface area contributed by atoms with Crippen molar-refractivity contribution in [3.8, 4) is 11.4 Å². The normalized spacial score (nSPS) is 13.8. The number of aromatic nitrogens is 3. The summed E-state index contributed by atoms with van der Waals surface area (Å²) >= 11 is 0.831. The van der Waals surface area contributed by atoms with Gasteiger partial charge in [-0.05, 0) is 6.07 Å². The molecule has 8 nitrogen and oxygen atoms in total. The molecule has 0 radical (unpaired) electrons. The smallest absolute Gasteiger partial charge is 0.342 e. The van der Waals surface area contributed by atoms with Crippen LogP contribution in [0.2, 0.25) is 0 Å². The predicted octanol–water partition coefficient (Wildman–Crippen LogP) is 4.54. The number of aromatic amines is 1. The second-order valence-corrected chi connectivity index (χ2v) is 8.45. The van der Waals surface area contributed by atoms with E-state index in [4.69, 9.17) is 0 Å². The Morgan fingerprint density at radius 1 is 1.15 bits per heavy atom. The van der Waals surface area contributed by atoms with E-state index in [1.165, 1.54) is 0 Å². The molecule has 1 aliphatic heterocycles. The van der Waals surface area contributed by atoms with Crippen molar-refractivity contribution in [3.63, 3.8) is 0 Å². The lowest BCUT2D eigenvalue weighted by molar-refractivity contribution is -0.383. The highest BCUT2D eigenvalue weighted by atomic mass is 32.1. The highest BCUT2D eigenvalue weighted by Crippen LogP contribution is 2.39. The second-order valence-electron chi connectivity index (χ2n) is 7.48. The van der Waals surface area contributed by atoms with Gasteiger partial charge in [-0.3, -0.25) is 14.9 Å². The summed E-state index contributed by atoms with van der Waals surface area (Å²) in [6.07, 6.45) is -4.27. The number of non-ortho nitro benzene ring substituents is 1. The van der Waals surface area contributed by atoms with Gasteiger partial charge in [0.1, 0.15) is 10.5 Å². The number of fused-ring (bicyclic) bond motifs is 2. The molecule has 1 N–H and O–H groups in total. The van der Waals surface area contributed by atoms with Gasteiger partial charge >= 0.3 is 6.18 Å². The average Bonchev–Trinajstić information content (AvgIpc) is 3.21. The summed E-state index contributed by atoms with van der Waals surface area (Å²) in [5, 5.41) is 11.3. The van der Waals surface area contributed by atoms with Crippen LogP contribution in [0.3, 0.4) is 0 Å². The maximum Gasteiger partial charge on any atom is 0.416 e. The lowest BCUT2D eigenvalue weighted by Crippen LogP contribution is -2.31. The SMILES string of the molecule is O=c1nc(N2CCc3nc(-c4ccccc4)[nH]c3C2)sc2c([N+](=O)[O-])cc(C(F)(F)F)cc12. The number of nitrogens with zero attached hydrogens (tertiary/aromatic N) is 4. The molecule has 0 fully saturated rings. The third-order valence-corrected chi connectivity index (χ3v) is 6.53. The maximum absolute atomic E-state index is 13.2. The van der Waals surface area contributed by atoms with Crippen LogP contribution in [-0.4, -0.2) is 26.4 Å². The van der Waals surface area contributed by atoms with E-state index in [1.54, 1.807) is 4.90 Å². The van der Waals surface area contributed by atoms with Gasteiger partial charge in [-0.1, -0.05) is 41.7 Å². The van der Waals surface area contributed by atoms with Gasteiger partial charge in [0.05, 0.1) is 33.8 Å². The zero-order valence-electron chi connectivity index (χ0n) is 16.7. The largest absolute Gasteiger partial charge is 0.416 e. The van der Waals surface area contributed by atoms with E-state index in [2.05, 4.69) is 15.0 Å². The van der Waals surface area contributed by atoms with E-state index in [1.807, 2.05) is 30.3 Å². The molecule has 33 heavy (non-hydrogen) atoms. The number of nitro groups is 1. The molecular weight excluding hydrogens is 459 g/mol. The number of anilines is 1.